The monoisotopic (exact) mass is 363 g/mol. The number of aliphatic hydroxyl groups excluding tert-OH is 1. The van der Waals surface area contributed by atoms with Gasteiger partial charge in [-0.3, -0.25) is 9.79 Å². The zero-order valence-electron chi connectivity index (χ0n) is 15.8. The third-order valence-electron chi connectivity index (χ3n) is 4.56. The van der Waals surface area contributed by atoms with Crippen molar-refractivity contribution in [3.8, 4) is 5.75 Å². The van der Waals surface area contributed by atoms with Crippen molar-refractivity contribution in [3.63, 3.8) is 0 Å². The molecule has 0 heterocycles. The van der Waals surface area contributed by atoms with Gasteiger partial charge in [0.05, 0.1) is 17.9 Å². The summed E-state index contributed by atoms with van der Waals surface area (Å²) in [7, 11) is 0. The van der Waals surface area contributed by atoms with E-state index >= 15 is 0 Å². The Labute approximate surface area is 160 Å². The average molecular weight is 363 g/mol. The van der Waals surface area contributed by atoms with Gasteiger partial charge in [-0.2, -0.15) is 0 Å². The quantitative estimate of drug-likeness (QED) is 0.717. The summed E-state index contributed by atoms with van der Waals surface area (Å²) in [4.78, 5) is 16.6. The van der Waals surface area contributed by atoms with Crippen molar-refractivity contribution in [1.82, 2.24) is 0 Å². The van der Waals surface area contributed by atoms with Gasteiger partial charge in [0.1, 0.15) is 11.5 Å². The number of carbonyl (C=O) groups excluding carboxylic acids is 1. The van der Waals surface area contributed by atoms with Crippen molar-refractivity contribution >= 4 is 17.7 Å². The van der Waals surface area contributed by atoms with Crippen LogP contribution in [0.3, 0.4) is 0 Å². The molecule has 1 aliphatic carbocycles. The van der Waals surface area contributed by atoms with E-state index in [1.54, 1.807) is 0 Å². The Morgan fingerprint density at radius 2 is 1.89 bits per heavy atom. The highest BCUT2D eigenvalue weighted by Crippen LogP contribution is 2.35. The number of hydrogen-bond donors (Lipinski definition) is 1. The molecule has 0 radical (unpaired) electrons. The highest BCUT2D eigenvalue weighted by Gasteiger charge is 2.32. The molecule has 0 spiro atoms. The average Bonchev–Trinajstić information content (AvgIpc) is 2.61. The van der Waals surface area contributed by atoms with Crippen molar-refractivity contribution in [2.24, 2.45) is 10.4 Å². The van der Waals surface area contributed by atoms with Crippen LogP contribution in [0.1, 0.15) is 32.3 Å². The van der Waals surface area contributed by atoms with Gasteiger partial charge in [0.15, 0.2) is 5.78 Å². The van der Waals surface area contributed by atoms with E-state index in [1.807, 2.05) is 56.3 Å². The van der Waals surface area contributed by atoms with Crippen LogP contribution >= 0.6 is 0 Å². The number of hydrogen-bond acceptors (Lipinski definition) is 4. The minimum absolute atomic E-state index is 0.0669. The van der Waals surface area contributed by atoms with E-state index in [1.165, 1.54) is 11.8 Å². The molecule has 0 atom stereocenters. The molecular weight excluding hydrogens is 338 g/mol. The standard InChI is InChI=1S/C23H25NO3/c1-23(2)14-21(25)20(22(26)15-23)16-24-18-9-6-10-19(13-18)27-12-11-17-7-4-3-5-8-17/h3-10,13,16,25H,11-12,14-15H2,1-2H3. The van der Waals surface area contributed by atoms with Crippen LogP contribution in [-0.4, -0.2) is 23.7 Å². The summed E-state index contributed by atoms with van der Waals surface area (Å²) in [5, 5.41) is 10.2. The molecular formula is C23H25NO3. The third-order valence-corrected chi connectivity index (χ3v) is 4.56. The summed E-state index contributed by atoms with van der Waals surface area (Å²) in [6.45, 7) is 4.54. The van der Waals surface area contributed by atoms with Crippen molar-refractivity contribution < 1.29 is 14.6 Å². The number of benzene rings is 2. The number of aliphatic imine (C=N–C) groups is 1. The van der Waals surface area contributed by atoms with Crippen LogP contribution in [0.4, 0.5) is 5.69 Å². The van der Waals surface area contributed by atoms with E-state index in [-0.39, 0.29) is 17.0 Å². The van der Waals surface area contributed by atoms with Crippen molar-refractivity contribution in [2.45, 2.75) is 33.1 Å². The number of allylic oxidation sites excluding steroid dienone is 2. The molecule has 4 heteroatoms. The van der Waals surface area contributed by atoms with E-state index in [0.717, 1.165) is 12.2 Å². The second-order valence-electron chi connectivity index (χ2n) is 7.64. The van der Waals surface area contributed by atoms with Gasteiger partial charge in [0.25, 0.3) is 0 Å². The van der Waals surface area contributed by atoms with Gasteiger partial charge in [-0.05, 0) is 23.1 Å². The molecule has 3 rings (SSSR count). The molecule has 4 nitrogen and oxygen atoms in total. The van der Waals surface area contributed by atoms with Crippen LogP contribution in [0.5, 0.6) is 5.75 Å². The fourth-order valence-corrected chi connectivity index (χ4v) is 3.17. The lowest BCUT2D eigenvalue weighted by Gasteiger charge is -2.28. The topological polar surface area (TPSA) is 58.9 Å². The molecule has 0 bridgehead atoms. The SMILES string of the molecule is CC1(C)CC(=O)C(C=Nc2cccc(OCCc3ccccc3)c2)=C(O)C1. The van der Waals surface area contributed by atoms with Gasteiger partial charge in [-0.1, -0.05) is 50.2 Å². The van der Waals surface area contributed by atoms with Crippen LogP contribution < -0.4 is 4.74 Å². The molecule has 0 aromatic heterocycles. The van der Waals surface area contributed by atoms with E-state index in [0.29, 0.717) is 30.7 Å². The zero-order chi connectivity index (χ0) is 19.3. The first kappa shape index (κ1) is 18.9. The first-order chi connectivity index (χ1) is 12.9. The summed E-state index contributed by atoms with van der Waals surface area (Å²) >= 11 is 0. The van der Waals surface area contributed by atoms with E-state index in [9.17, 15) is 9.90 Å². The lowest BCUT2D eigenvalue weighted by Crippen LogP contribution is -2.26. The normalized spacial score (nSPS) is 16.7. The predicted octanol–water partition coefficient (Wildman–Crippen LogP) is 5.21. The predicted molar refractivity (Wildman–Crippen MR) is 108 cm³/mol. The Morgan fingerprint density at radius 3 is 2.63 bits per heavy atom. The highest BCUT2D eigenvalue weighted by atomic mass is 16.5. The molecule has 2 aromatic rings. The maximum atomic E-state index is 12.3. The maximum Gasteiger partial charge on any atom is 0.168 e. The fraction of sp³-hybridized carbons (Fsp3) is 0.304. The molecule has 2 aromatic carbocycles. The Balaban J connectivity index is 1.63. The van der Waals surface area contributed by atoms with E-state index in [2.05, 4.69) is 17.1 Å². The van der Waals surface area contributed by atoms with E-state index < -0.39 is 0 Å². The van der Waals surface area contributed by atoms with Crippen LogP contribution in [0, 0.1) is 5.41 Å². The lowest BCUT2D eigenvalue weighted by atomic mass is 9.77. The van der Waals surface area contributed by atoms with Gasteiger partial charge in [-0.15, -0.1) is 0 Å². The van der Waals surface area contributed by atoms with E-state index in [4.69, 9.17) is 4.74 Å². The summed E-state index contributed by atoms with van der Waals surface area (Å²) in [6.07, 6.45) is 3.21. The fourth-order valence-electron chi connectivity index (χ4n) is 3.17. The van der Waals surface area contributed by atoms with Crippen LogP contribution in [0.2, 0.25) is 0 Å². The minimum atomic E-state index is -0.203. The smallest absolute Gasteiger partial charge is 0.168 e. The maximum absolute atomic E-state index is 12.3. The molecule has 0 amide bonds. The van der Waals surface area contributed by atoms with Crippen LogP contribution in [0.25, 0.3) is 0 Å². The van der Waals surface area contributed by atoms with Crippen molar-refractivity contribution in [1.29, 1.82) is 0 Å². The Kier molecular flexibility index (Phi) is 5.75. The second kappa shape index (κ2) is 8.21. The van der Waals surface area contributed by atoms with Gasteiger partial charge < -0.3 is 9.84 Å². The molecule has 0 aliphatic heterocycles. The summed E-state index contributed by atoms with van der Waals surface area (Å²) < 4.78 is 5.81. The second-order valence-corrected chi connectivity index (χ2v) is 7.64. The summed E-state index contributed by atoms with van der Waals surface area (Å²) in [5.41, 5.74) is 2.02. The number of rotatable bonds is 6. The van der Waals surface area contributed by atoms with Crippen LogP contribution in [0.15, 0.2) is 70.9 Å². The molecule has 140 valence electrons. The number of carbonyl (C=O) groups is 1. The number of Topliss-reactive ketones (excluding diaryl/α,β-unsaturated/α-hetero) is 1. The third kappa shape index (κ3) is 5.30. The van der Waals surface area contributed by atoms with Crippen LogP contribution in [-0.2, 0) is 11.2 Å². The van der Waals surface area contributed by atoms with Crippen molar-refractivity contribution in [2.75, 3.05) is 6.61 Å². The van der Waals surface area contributed by atoms with Gasteiger partial charge in [0.2, 0.25) is 0 Å². The summed E-state index contributed by atoms with van der Waals surface area (Å²) in [6, 6.07) is 17.6. The number of aliphatic hydroxyl groups is 1. The molecule has 0 fully saturated rings. The highest BCUT2D eigenvalue weighted by molar-refractivity contribution is 6.14. The molecule has 1 N–H and O–H groups in total. The number of ketones is 1. The molecule has 27 heavy (non-hydrogen) atoms. The molecule has 1 aliphatic rings. The molecule has 0 saturated carbocycles. The number of ether oxygens (including phenoxy) is 1. The Bertz CT molecular complexity index is 866. The minimum Gasteiger partial charge on any atom is -0.511 e. The largest absolute Gasteiger partial charge is 0.511 e. The van der Waals surface area contributed by atoms with Gasteiger partial charge in [-0.25, -0.2) is 0 Å². The van der Waals surface area contributed by atoms with Gasteiger partial charge >= 0.3 is 0 Å². The Morgan fingerprint density at radius 1 is 1.11 bits per heavy atom. The molecule has 0 saturated heterocycles. The first-order valence-electron chi connectivity index (χ1n) is 9.19. The lowest BCUT2D eigenvalue weighted by molar-refractivity contribution is -0.117. The number of nitrogens with zero attached hydrogens (tertiary/aromatic N) is 1. The van der Waals surface area contributed by atoms with Gasteiger partial charge in [0, 0.05) is 31.5 Å². The summed E-state index contributed by atoms with van der Waals surface area (Å²) in [5.74, 6) is 0.785. The Hall–Kier alpha value is -2.88. The van der Waals surface area contributed by atoms with Crippen molar-refractivity contribution in [3.05, 3.63) is 71.5 Å². The first-order valence-corrected chi connectivity index (χ1v) is 9.19. The molecule has 0 unspecified atom stereocenters. The zero-order valence-corrected chi connectivity index (χ0v) is 15.8.